The summed E-state index contributed by atoms with van der Waals surface area (Å²) in [7, 11) is 0. The Morgan fingerprint density at radius 1 is 0.659 bits per heavy atom. The Bertz CT molecular complexity index is 1360. The molecule has 0 unspecified atom stereocenters. The molecule has 3 aromatic rings. The Balaban J connectivity index is 2.15. The van der Waals surface area contributed by atoms with Crippen LogP contribution in [0.4, 0.5) is 11.4 Å². The molecule has 0 aliphatic heterocycles. The van der Waals surface area contributed by atoms with E-state index in [1.54, 1.807) is 23.5 Å². The van der Waals surface area contributed by atoms with E-state index < -0.39 is 0 Å². The third-order valence-corrected chi connectivity index (χ3v) is 9.36. The molecule has 0 saturated heterocycles. The average Bonchev–Trinajstić information content (AvgIpc) is 2.90. The number of hydrogen-bond acceptors (Lipinski definition) is 6. The minimum atomic E-state index is 0.00284. The van der Waals surface area contributed by atoms with Gasteiger partial charge in [0.05, 0.1) is 16.3 Å². The summed E-state index contributed by atoms with van der Waals surface area (Å²) in [5.74, 6) is 0.676. The Morgan fingerprint density at radius 2 is 1.10 bits per heavy atom. The van der Waals surface area contributed by atoms with Crippen LogP contribution in [0.1, 0.15) is 83.2 Å². The molecule has 0 heterocycles. The lowest BCUT2D eigenvalue weighted by Crippen LogP contribution is -2.27. The van der Waals surface area contributed by atoms with E-state index in [1.165, 1.54) is 37.9 Å². The molecule has 6 heteroatoms. The minimum Gasteiger partial charge on any atom is -0.508 e. The molecule has 0 saturated carbocycles. The predicted molar refractivity (Wildman–Crippen MR) is 182 cm³/mol. The van der Waals surface area contributed by atoms with Gasteiger partial charge in [0.15, 0.2) is 0 Å². The maximum absolute atomic E-state index is 10.9. The number of phenolic OH excluding ortho intramolecular Hbond substituents is 2. The van der Waals surface area contributed by atoms with Crippen LogP contribution in [0.15, 0.2) is 52.3 Å². The first-order valence-electron chi connectivity index (χ1n) is 14.6. The highest BCUT2D eigenvalue weighted by Crippen LogP contribution is 2.47. The Morgan fingerprint density at radius 3 is 1.46 bits per heavy atom. The number of hydrogen-bond donors (Lipinski definition) is 2. The van der Waals surface area contributed by atoms with E-state index >= 15 is 0 Å². The number of aryl methyl sites for hydroxylation is 1. The first-order valence-corrected chi connectivity index (χ1v) is 17.0. The quantitative estimate of drug-likeness (QED) is 0.228. The van der Waals surface area contributed by atoms with Crippen molar-refractivity contribution < 1.29 is 10.2 Å². The molecule has 0 atom stereocenters. The van der Waals surface area contributed by atoms with Crippen molar-refractivity contribution >= 4 is 34.9 Å². The maximum atomic E-state index is 10.9. The molecule has 4 nitrogen and oxygen atoms in total. The molecule has 3 rings (SSSR count). The van der Waals surface area contributed by atoms with Crippen molar-refractivity contribution in [1.29, 1.82) is 0 Å². The molecule has 0 fully saturated rings. The number of benzene rings is 3. The molecule has 0 aliphatic rings. The molecule has 0 aromatic heterocycles. The van der Waals surface area contributed by atoms with E-state index in [4.69, 9.17) is 0 Å². The zero-order valence-electron chi connectivity index (χ0n) is 27.0. The zero-order chi connectivity index (χ0) is 30.7. The second kappa shape index (κ2) is 13.2. The van der Waals surface area contributed by atoms with Gasteiger partial charge in [-0.05, 0) is 91.1 Å². The topological polar surface area (TPSA) is 46.9 Å². The van der Waals surface area contributed by atoms with Crippen molar-refractivity contribution in [1.82, 2.24) is 0 Å². The first kappa shape index (κ1) is 33.1. The number of thioether (sulfide) groups is 2. The number of rotatable bonds is 10. The van der Waals surface area contributed by atoms with E-state index in [0.29, 0.717) is 24.6 Å². The summed E-state index contributed by atoms with van der Waals surface area (Å²) in [6.07, 6.45) is 4.30. The number of anilines is 2. The lowest BCUT2D eigenvalue weighted by Gasteiger charge is -2.34. The van der Waals surface area contributed by atoms with Crippen LogP contribution in [0.3, 0.4) is 0 Å². The highest BCUT2D eigenvalue weighted by Gasteiger charge is 2.25. The van der Waals surface area contributed by atoms with E-state index in [0.717, 1.165) is 24.2 Å². The molecule has 0 radical (unpaired) electrons. The van der Waals surface area contributed by atoms with E-state index in [2.05, 4.69) is 103 Å². The normalized spacial score (nSPS) is 12.1. The van der Waals surface area contributed by atoms with Crippen LogP contribution in [0.25, 0.3) is 0 Å². The fourth-order valence-corrected chi connectivity index (χ4v) is 6.94. The predicted octanol–water partition coefficient (Wildman–Crippen LogP) is 9.50. The molecular formula is C35H50N2O2S2. The molecular weight excluding hydrogens is 545 g/mol. The summed E-state index contributed by atoms with van der Waals surface area (Å²) in [4.78, 5) is 7.25. The van der Waals surface area contributed by atoms with Gasteiger partial charge in [-0.2, -0.15) is 0 Å². The number of aromatic hydroxyl groups is 2. The van der Waals surface area contributed by atoms with Gasteiger partial charge in [-0.1, -0.05) is 53.7 Å². The van der Waals surface area contributed by atoms with Gasteiger partial charge in [0.25, 0.3) is 0 Å². The van der Waals surface area contributed by atoms with E-state index in [9.17, 15) is 10.2 Å². The lowest BCUT2D eigenvalue weighted by atomic mass is 9.86. The van der Waals surface area contributed by atoms with Gasteiger partial charge in [0.1, 0.15) is 11.5 Å². The molecule has 0 amide bonds. The van der Waals surface area contributed by atoms with Gasteiger partial charge in [-0.3, -0.25) is 0 Å². The summed E-state index contributed by atoms with van der Waals surface area (Å²) in [6.45, 7) is 22.7. The van der Waals surface area contributed by atoms with Crippen LogP contribution in [0.5, 0.6) is 11.5 Å². The number of nitrogens with zero attached hydrogens (tertiary/aromatic N) is 2. The smallest absolute Gasteiger partial charge is 0.120 e. The number of phenols is 2. The molecule has 0 aliphatic carbocycles. The third-order valence-electron chi connectivity index (χ3n) is 7.82. The van der Waals surface area contributed by atoms with Gasteiger partial charge in [0, 0.05) is 42.2 Å². The third kappa shape index (κ3) is 7.50. The van der Waals surface area contributed by atoms with Crippen molar-refractivity contribution in [3.05, 3.63) is 70.3 Å². The molecule has 0 bridgehead atoms. The fourth-order valence-electron chi connectivity index (χ4n) is 5.24. The fraction of sp³-hybridized carbons (Fsp3) is 0.486. The van der Waals surface area contributed by atoms with Crippen molar-refractivity contribution in [3.63, 3.8) is 0 Å². The van der Waals surface area contributed by atoms with Gasteiger partial charge >= 0.3 is 0 Å². The van der Waals surface area contributed by atoms with Crippen molar-refractivity contribution in [2.45, 2.75) is 96.0 Å². The molecule has 41 heavy (non-hydrogen) atoms. The van der Waals surface area contributed by atoms with E-state index in [1.807, 2.05) is 24.3 Å². The summed E-state index contributed by atoms with van der Waals surface area (Å²) in [5.41, 5.74) is 7.97. The van der Waals surface area contributed by atoms with Gasteiger partial charge < -0.3 is 20.0 Å². The maximum Gasteiger partial charge on any atom is 0.120 e. The Hall–Kier alpha value is -2.44. The monoisotopic (exact) mass is 594 g/mol. The van der Waals surface area contributed by atoms with E-state index in [-0.39, 0.29) is 10.8 Å². The van der Waals surface area contributed by atoms with Crippen LogP contribution < -0.4 is 9.80 Å². The van der Waals surface area contributed by atoms with Crippen LogP contribution in [-0.4, -0.2) is 35.8 Å². The highest BCUT2D eigenvalue weighted by molar-refractivity contribution is 7.99. The van der Waals surface area contributed by atoms with Crippen molar-refractivity contribution in [2.75, 3.05) is 35.4 Å². The Labute approximate surface area is 257 Å². The SMILES string of the molecule is CCN(Cc1cc(C(C)(C)C)ccc1O)c1c(C)cc(SC)c(N(CC)Cc2cc(C(C)(C)C)ccc2O)c1SC. The molecule has 0 spiro atoms. The van der Waals surface area contributed by atoms with Crippen molar-refractivity contribution in [2.24, 2.45) is 0 Å². The van der Waals surface area contributed by atoms with Gasteiger partial charge in [-0.15, -0.1) is 23.5 Å². The van der Waals surface area contributed by atoms with Crippen molar-refractivity contribution in [3.8, 4) is 11.5 Å². The standard InChI is InChI=1S/C35H50N2O2S2/c1-12-36(21-24-19-26(34(4,5)6)14-16-28(24)38)31-23(3)18-30(40-10)32(33(31)41-11)37(13-2)22-25-20-27(35(7,8)9)15-17-29(25)39/h14-20,38-39H,12-13,21-22H2,1-11H3. The molecule has 2 N–H and O–H groups in total. The zero-order valence-corrected chi connectivity index (χ0v) is 28.6. The van der Waals surface area contributed by atoms with Gasteiger partial charge in [-0.25, -0.2) is 0 Å². The lowest BCUT2D eigenvalue weighted by molar-refractivity contribution is 0.465. The second-order valence-electron chi connectivity index (χ2n) is 12.8. The summed E-state index contributed by atoms with van der Waals surface area (Å²) in [5, 5.41) is 21.7. The highest BCUT2D eigenvalue weighted by atomic mass is 32.2. The van der Waals surface area contributed by atoms with Crippen LogP contribution >= 0.6 is 23.5 Å². The first-order chi connectivity index (χ1) is 19.2. The van der Waals surface area contributed by atoms with Crippen LogP contribution in [-0.2, 0) is 23.9 Å². The average molecular weight is 595 g/mol. The van der Waals surface area contributed by atoms with Crippen LogP contribution in [0.2, 0.25) is 0 Å². The minimum absolute atomic E-state index is 0.00284. The van der Waals surface area contributed by atoms with Crippen LogP contribution in [0, 0.1) is 6.92 Å². The second-order valence-corrected chi connectivity index (χ2v) is 14.5. The summed E-state index contributed by atoms with van der Waals surface area (Å²) in [6, 6.07) is 14.4. The molecule has 3 aromatic carbocycles. The summed E-state index contributed by atoms with van der Waals surface area (Å²) < 4.78 is 0. The summed E-state index contributed by atoms with van der Waals surface area (Å²) >= 11 is 3.54. The molecule has 224 valence electrons. The largest absolute Gasteiger partial charge is 0.508 e. The Kier molecular flexibility index (Phi) is 10.7. The van der Waals surface area contributed by atoms with Gasteiger partial charge in [0.2, 0.25) is 0 Å².